The second-order valence-corrected chi connectivity index (χ2v) is 9.47. The lowest BCUT2D eigenvalue weighted by atomic mass is 9.88. The summed E-state index contributed by atoms with van der Waals surface area (Å²) >= 11 is 9.00. The fraction of sp³-hybridized carbons (Fsp3) is 0.182. The van der Waals surface area contributed by atoms with Gasteiger partial charge in [0.05, 0.1) is 16.3 Å². The Bertz CT molecular complexity index is 1210. The Morgan fingerprint density at radius 2 is 1.86 bits per heavy atom. The van der Waals surface area contributed by atoms with Gasteiger partial charge in [-0.2, -0.15) is 0 Å². The third-order valence-corrected chi connectivity index (χ3v) is 7.49. The van der Waals surface area contributed by atoms with Crippen molar-refractivity contribution in [2.75, 3.05) is 11.1 Å². The number of nitrogens with one attached hydrogen (secondary N) is 1. The van der Waals surface area contributed by atoms with E-state index in [4.69, 9.17) is 22.3 Å². The van der Waals surface area contributed by atoms with Crippen LogP contribution < -0.4 is 11.1 Å². The van der Waals surface area contributed by atoms with Crippen LogP contribution in [0.2, 0.25) is 5.02 Å². The number of pyridine rings is 1. The van der Waals surface area contributed by atoms with Crippen LogP contribution in [0.15, 0.2) is 41.8 Å². The molecule has 1 amide bonds. The molecule has 0 atom stereocenters. The Labute approximate surface area is 181 Å². The molecule has 0 bridgehead atoms. The zero-order valence-corrected chi connectivity index (χ0v) is 17.9. The van der Waals surface area contributed by atoms with Crippen LogP contribution >= 0.6 is 34.3 Å². The molecule has 4 nitrogen and oxygen atoms in total. The highest BCUT2D eigenvalue weighted by Gasteiger charge is 2.26. The van der Waals surface area contributed by atoms with Gasteiger partial charge in [-0.1, -0.05) is 17.7 Å². The quantitative estimate of drug-likeness (QED) is 0.388. The number of nitrogen functional groups attached to an aromatic ring is 1. The van der Waals surface area contributed by atoms with Gasteiger partial charge in [-0.05, 0) is 72.5 Å². The van der Waals surface area contributed by atoms with Crippen LogP contribution in [0, 0.1) is 0 Å². The van der Waals surface area contributed by atoms with Crippen molar-refractivity contribution < 1.29 is 4.79 Å². The standard InChI is InChI=1S/C22H18ClN3OS2/c23-12-7-9-13(10-8-12)25-21(27)20-18(24)17-14-4-1-2-5-15(14)19(26-22(17)29-20)16-6-3-11-28-16/h3,6-11H,1-2,4-5,24H2,(H,25,27). The molecule has 0 radical (unpaired) electrons. The van der Waals surface area contributed by atoms with Crippen molar-refractivity contribution in [1.29, 1.82) is 0 Å². The third kappa shape index (κ3) is 3.31. The molecule has 0 unspecified atom stereocenters. The van der Waals surface area contributed by atoms with Crippen LogP contribution in [0.3, 0.4) is 0 Å². The number of halogens is 1. The molecule has 1 aliphatic rings. The monoisotopic (exact) mass is 439 g/mol. The molecular formula is C22H18ClN3OS2. The predicted molar refractivity (Wildman–Crippen MR) is 123 cm³/mol. The van der Waals surface area contributed by atoms with E-state index >= 15 is 0 Å². The average Bonchev–Trinajstić information content (AvgIpc) is 3.37. The van der Waals surface area contributed by atoms with Crippen LogP contribution in [0.4, 0.5) is 11.4 Å². The molecule has 29 heavy (non-hydrogen) atoms. The van der Waals surface area contributed by atoms with Crippen molar-refractivity contribution in [1.82, 2.24) is 4.98 Å². The topological polar surface area (TPSA) is 68.0 Å². The number of fused-ring (bicyclic) bond motifs is 3. The molecule has 4 aromatic rings. The molecule has 0 spiro atoms. The summed E-state index contributed by atoms with van der Waals surface area (Å²) in [5.41, 5.74) is 11.3. The van der Waals surface area contributed by atoms with Gasteiger partial charge in [0.25, 0.3) is 5.91 Å². The van der Waals surface area contributed by atoms with E-state index in [0.717, 1.165) is 41.6 Å². The number of thiophene rings is 2. The van der Waals surface area contributed by atoms with Crippen LogP contribution in [0.1, 0.15) is 33.6 Å². The number of nitrogens with zero attached hydrogens (tertiary/aromatic N) is 1. The summed E-state index contributed by atoms with van der Waals surface area (Å²) in [5, 5.41) is 6.58. The molecule has 3 N–H and O–H groups in total. The molecule has 7 heteroatoms. The fourth-order valence-corrected chi connectivity index (χ4v) is 5.81. The highest BCUT2D eigenvalue weighted by molar-refractivity contribution is 7.21. The lowest BCUT2D eigenvalue weighted by Gasteiger charge is -2.19. The van der Waals surface area contributed by atoms with Gasteiger partial charge in [0.1, 0.15) is 9.71 Å². The maximum Gasteiger partial charge on any atom is 0.267 e. The van der Waals surface area contributed by atoms with E-state index in [2.05, 4.69) is 22.8 Å². The Morgan fingerprint density at radius 3 is 2.59 bits per heavy atom. The lowest BCUT2D eigenvalue weighted by molar-refractivity contribution is 0.103. The minimum Gasteiger partial charge on any atom is -0.397 e. The summed E-state index contributed by atoms with van der Waals surface area (Å²) < 4.78 is 0. The van der Waals surface area contributed by atoms with E-state index in [9.17, 15) is 4.79 Å². The van der Waals surface area contributed by atoms with E-state index < -0.39 is 0 Å². The molecule has 3 aromatic heterocycles. The number of hydrogen-bond donors (Lipinski definition) is 2. The van der Waals surface area contributed by atoms with Gasteiger partial charge in [0, 0.05) is 16.1 Å². The molecule has 5 rings (SSSR count). The summed E-state index contributed by atoms with van der Waals surface area (Å²) in [6, 6.07) is 11.2. The number of carbonyl (C=O) groups excluding carboxylic acids is 1. The van der Waals surface area contributed by atoms with Crippen molar-refractivity contribution in [3.05, 3.63) is 62.8 Å². The highest BCUT2D eigenvalue weighted by Crippen LogP contribution is 2.43. The molecular weight excluding hydrogens is 422 g/mol. The lowest BCUT2D eigenvalue weighted by Crippen LogP contribution is -2.12. The zero-order chi connectivity index (χ0) is 20.0. The van der Waals surface area contributed by atoms with Crippen molar-refractivity contribution in [2.24, 2.45) is 0 Å². The normalized spacial score (nSPS) is 13.4. The molecule has 0 aliphatic heterocycles. The summed E-state index contributed by atoms with van der Waals surface area (Å²) in [6.07, 6.45) is 4.28. The number of benzene rings is 1. The van der Waals surface area contributed by atoms with Crippen LogP contribution in [-0.2, 0) is 12.8 Å². The van der Waals surface area contributed by atoms with Crippen molar-refractivity contribution in [2.45, 2.75) is 25.7 Å². The fourth-order valence-electron chi connectivity index (χ4n) is 3.92. The molecule has 0 saturated carbocycles. The van der Waals surface area contributed by atoms with Crippen molar-refractivity contribution >= 4 is 61.8 Å². The molecule has 1 aliphatic carbocycles. The summed E-state index contributed by atoms with van der Waals surface area (Å²) in [4.78, 5) is 20.4. The first kappa shape index (κ1) is 18.6. The first-order valence-electron chi connectivity index (χ1n) is 9.46. The summed E-state index contributed by atoms with van der Waals surface area (Å²) in [6.45, 7) is 0. The first-order valence-corrected chi connectivity index (χ1v) is 11.5. The number of aromatic nitrogens is 1. The highest BCUT2D eigenvalue weighted by atomic mass is 35.5. The maximum absolute atomic E-state index is 12.9. The number of anilines is 2. The van der Waals surface area contributed by atoms with Crippen molar-refractivity contribution in [3.63, 3.8) is 0 Å². The average molecular weight is 440 g/mol. The maximum atomic E-state index is 12.9. The van der Waals surface area contributed by atoms with Gasteiger partial charge in [-0.25, -0.2) is 4.98 Å². The molecule has 0 saturated heterocycles. The van der Waals surface area contributed by atoms with E-state index in [1.54, 1.807) is 35.6 Å². The Kier molecular flexibility index (Phi) is 4.78. The third-order valence-electron chi connectivity index (χ3n) is 5.26. The number of carbonyl (C=O) groups is 1. The molecule has 1 aromatic carbocycles. The van der Waals surface area contributed by atoms with Gasteiger partial charge in [0.2, 0.25) is 0 Å². The van der Waals surface area contributed by atoms with Crippen LogP contribution in [0.5, 0.6) is 0 Å². The molecule has 146 valence electrons. The van der Waals surface area contributed by atoms with E-state index in [1.807, 2.05) is 0 Å². The number of hydrogen-bond acceptors (Lipinski definition) is 5. The number of amides is 1. The largest absolute Gasteiger partial charge is 0.397 e. The second-order valence-electron chi connectivity index (χ2n) is 7.09. The zero-order valence-electron chi connectivity index (χ0n) is 15.5. The molecule has 0 fully saturated rings. The summed E-state index contributed by atoms with van der Waals surface area (Å²) in [5.74, 6) is -0.213. The van der Waals surface area contributed by atoms with Crippen molar-refractivity contribution in [3.8, 4) is 10.6 Å². The van der Waals surface area contributed by atoms with Crippen LogP contribution in [-0.4, -0.2) is 10.9 Å². The Hall–Kier alpha value is -2.41. The SMILES string of the molecule is Nc1c(C(=O)Nc2ccc(Cl)cc2)sc2nc(-c3cccs3)c3c(c12)CCCC3. The Morgan fingerprint density at radius 1 is 1.10 bits per heavy atom. The second kappa shape index (κ2) is 7.44. The van der Waals surface area contributed by atoms with E-state index in [1.165, 1.54) is 27.3 Å². The van der Waals surface area contributed by atoms with E-state index in [0.29, 0.717) is 21.3 Å². The van der Waals surface area contributed by atoms with Crippen LogP contribution in [0.25, 0.3) is 20.8 Å². The minimum absolute atomic E-state index is 0.213. The Balaban J connectivity index is 1.62. The molecule has 3 heterocycles. The smallest absolute Gasteiger partial charge is 0.267 e. The van der Waals surface area contributed by atoms with Gasteiger partial charge >= 0.3 is 0 Å². The number of aryl methyl sites for hydroxylation is 1. The van der Waals surface area contributed by atoms with Gasteiger partial charge in [0.15, 0.2) is 0 Å². The van der Waals surface area contributed by atoms with Gasteiger partial charge in [-0.3, -0.25) is 4.79 Å². The predicted octanol–water partition coefficient (Wildman–Crippen LogP) is 6.39. The number of nitrogens with two attached hydrogens (primary N) is 1. The van der Waals surface area contributed by atoms with Gasteiger partial charge in [-0.15, -0.1) is 22.7 Å². The van der Waals surface area contributed by atoms with Gasteiger partial charge < -0.3 is 11.1 Å². The van der Waals surface area contributed by atoms with E-state index in [-0.39, 0.29) is 5.91 Å². The number of rotatable bonds is 3. The minimum atomic E-state index is -0.213. The summed E-state index contributed by atoms with van der Waals surface area (Å²) in [7, 11) is 0. The first-order chi connectivity index (χ1) is 14.1.